The molecule has 2 atom stereocenters. The second-order valence-electron chi connectivity index (χ2n) is 5.83. The maximum atomic E-state index is 11.2. The predicted molar refractivity (Wildman–Crippen MR) is 95.5 cm³/mol. The van der Waals surface area contributed by atoms with Gasteiger partial charge in [-0.2, -0.15) is 0 Å². The van der Waals surface area contributed by atoms with Crippen LogP contribution in [0.25, 0.3) is 0 Å². The first-order valence-corrected chi connectivity index (χ1v) is 8.44. The zero-order chi connectivity index (χ0) is 18.9. The van der Waals surface area contributed by atoms with Crippen LogP contribution in [-0.4, -0.2) is 28.4 Å². The molecule has 0 aliphatic heterocycles. The number of hydrogen-bond donors (Lipinski definition) is 2. The van der Waals surface area contributed by atoms with Crippen molar-refractivity contribution in [1.29, 1.82) is 0 Å². The lowest BCUT2D eigenvalue weighted by atomic mass is 10.0. The summed E-state index contributed by atoms with van der Waals surface area (Å²) >= 11 is 0. The highest BCUT2D eigenvalue weighted by Crippen LogP contribution is 2.21. The van der Waals surface area contributed by atoms with Gasteiger partial charge in [0, 0.05) is 6.42 Å². The first-order chi connectivity index (χ1) is 12.5. The number of rotatable bonds is 10. The van der Waals surface area contributed by atoms with Gasteiger partial charge in [-0.1, -0.05) is 25.1 Å². The third-order valence-corrected chi connectivity index (χ3v) is 3.97. The largest absolute Gasteiger partial charge is 0.481 e. The molecule has 6 nitrogen and oxygen atoms in total. The molecular weight excluding hydrogens is 336 g/mol. The summed E-state index contributed by atoms with van der Waals surface area (Å²) in [5.41, 5.74) is 0.162. The zero-order valence-electron chi connectivity index (χ0n) is 14.5. The summed E-state index contributed by atoms with van der Waals surface area (Å²) in [6, 6.07) is 15.1. The van der Waals surface area contributed by atoms with Crippen molar-refractivity contribution in [3.63, 3.8) is 0 Å². The van der Waals surface area contributed by atoms with E-state index < -0.39 is 24.1 Å². The van der Waals surface area contributed by atoms with Gasteiger partial charge in [0.1, 0.15) is 11.5 Å². The monoisotopic (exact) mass is 358 g/mol. The molecule has 0 aromatic heterocycles. The molecule has 0 radical (unpaired) electrons. The Morgan fingerprint density at radius 1 is 0.885 bits per heavy atom. The van der Waals surface area contributed by atoms with Crippen LogP contribution >= 0.6 is 0 Å². The third kappa shape index (κ3) is 5.81. The molecule has 0 amide bonds. The van der Waals surface area contributed by atoms with Crippen LogP contribution in [0.5, 0.6) is 11.5 Å². The number of hydrogen-bond acceptors (Lipinski definition) is 4. The van der Waals surface area contributed by atoms with Gasteiger partial charge in [0.15, 0.2) is 0 Å². The summed E-state index contributed by atoms with van der Waals surface area (Å²) in [6.07, 6.45) is 0.652. The Labute approximate surface area is 152 Å². The Hall–Kier alpha value is -3.02. The minimum absolute atomic E-state index is 0.162. The number of para-hydroxylation sites is 1. The highest BCUT2D eigenvalue weighted by Gasteiger charge is 2.20. The van der Waals surface area contributed by atoms with E-state index >= 15 is 0 Å². The van der Waals surface area contributed by atoms with Crippen LogP contribution in [-0.2, 0) is 4.79 Å². The van der Waals surface area contributed by atoms with Crippen molar-refractivity contribution in [3.8, 4) is 11.5 Å². The standard InChI is InChI=1S/C20H22O6/c1-2-14(19(21)22)10-13-18(25-16-6-4-3-5-7-16)26-17-11-8-15(9-12-17)20(23)24/h3-9,11-12,14,18H,2,10,13H2,1H3,(H,21,22)(H,23,24). The van der Waals surface area contributed by atoms with Crippen LogP contribution in [0.15, 0.2) is 54.6 Å². The van der Waals surface area contributed by atoms with E-state index in [2.05, 4.69) is 0 Å². The van der Waals surface area contributed by atoms with Gasteiger partial charge < -0.3 is 19.7 Å². The Morgan fingerprint density at radius 3 is 1.96 bits per heavy atom. The fourth-order valence-electron chi connectivity index (χ4n) is 2.46. The summed E-state index contributed by atoms with van der Waals surface area (Å²) in [5.74, 6) is -1.24. The average Bonchev–Trinajstić information content (AvgIpc) is 2.63. The summed E-state index contributed by atoms with van der Waals surface area (Å²) in [6.45, 7) is 1.83. The smallest absolute Gasteiger partial charge is 0.335 e. The minimum Gasteiger partial charge on any atom is -0.481 e. The summed E-state index contributed by atoms with van der Waals surface area (Å²) in [5, 5.41) is 18.2. The predicted octanol–water partition coefficient (Wildman–Crippen LogP) is 4.06. The van der Waals surface area contributed by atoms with Crippen LogP contribution in [0.4, 0.5) is 0 Å². The molecule has 0 heterocycles. The lowest BCUT2D eigenvalue weighted by Crippen LogP contribution is -2.26. The van der Waals surface area contributed by atoms with Crippen molar-refractivity contribution in [2.45, 2.75) is 32.5 Å². The second kappa shape index (κ2) is 9.46. The third-order valence-electron chi connectivity index (χ3n) is 3.97. The number of aliphatic carboxylic acids is 1. The molecule has 0 aliphatic carbocycles. The van der Waals surface area contributed by atoms with Gasteiger partial charge in [-0.05, 0) is 49.2 Å². The molecule has 2 aromatic rings. The Morgan fingerprint density at radius 2 is 1.46 bits per heavy atom. The molecule has 2 aromatic carbocycles. The van der Waals surface area contributed by atoms with E-state index in [0.717, 1.165) is 0 Å². The molecule has 0 bridgehead atoms. The molecule has 2 unspecified atom stereocenters. The van der Waals surface area contributed by atoms with Gasteiger partial charge in [-0.3, -0.25) is 4.79 Å². The molecule has 6 heteroatoms. The van der Waals surface area contributed by atoms with Crippen molar-refractivity contribution in [1.82, 2.24) is 0 Å². The first-order valence-electron chi connectivity index (χ1n) is 8.44. The summed E-state index contributed by atoms with van der Waals surface area (Å²) < 4.78 is 11.7. The van der Waals surface area contributed by atoms with E-state index in [1.54, 1.807) is 24.3 Å². The van der Waals surface area contributed by atoms with Crippen LogP contribution in [0, 0.1) is 5.92 Å². The van der Waals surface area contributed by atoms with Gasteiger partial charge in [0.25, 0.3) is 0 Å². The van der Waals surface area contributed by atoms with Crippen LogP contribution in [0.2, 0.25) is 0 Å². The lowest BCUT2D eigenvalue weighted by Gasteiger charge is -2.22. The van der Waals surface area contributed by atoms with Gasteiger partial charge in [0.05, 0.1) is 11.5 Å². The van der Waals surface area contributed by atoms with Crippen molar-refractivity contribution in [2.75, 3.05) is 0 Å². The van der Waals surface area contributed by atoms with E-state index in [1.807, 2.05) is 25.1 Å². The molecular formula is C20H22O6. The van der Waals surface area contributed by atoms with Crippen LogP contribution in [0.1, 0.15) is 36.5 Å². The molecule has 0 aliphatic rings. The Bertz CT molecular complexity index is 711. The molecule has 0 spiro atoms. The van der Waals surface area contributed by atoms with Crippen molar-refractivity contribution in [3.05, 3.63) is 60.2 Å². The van der Waals surface area contributed by atoms with Gasteiger partial charge >= 0.3 is 11.9 Å². The van der Waals surface area contributed by atoms with E-state index in [4.69, 9.17) is 14.6 Å². The molecule has 0 saturated heterocycles. The fourth-order valence-corrected chi connectivity index (χ4v) is 2.46. The number of carbonyl (C=O) groups is 2. The van der Waals surface area contributed by atoms with E-state index in [1.165, 1.54) is 12.1 Å². The number of aromatic carboxylic acids is 1. The van der Waals surface area contributed by atoms with Gasteiger partial charge in [-0.15, -0.1) is 0 Å². The SMILES string of the molecule is CCC(CCC(Oc1ccccc1)Oc1ccc(C(=O)O)cc1)C(=O)O. The van der Waals surface area contributed by atoms with Crippen molar-refractivity contribution >= 4 is 11.9 Å². The minimum atomic E-state index is -1.01. The maximum Gasteiger partial charge on any atom is 0.335 e. The van der Waals surface area contributed by atoms with Crippen LogP contribution < -0.4 is 9.47 Å². The number of carboxylic acids is 2. The van der Waals surface area contributed by atoms with E-state index in [0.29, 0.717) is 30.8 Å². The molecule has 0 saturated carbocycles. The average molecular weight is 358 g/mol. The Balaban J connectivity index is 2.08. The van der Waals surface area contributed by atoms with Crippen molar-refractivity contribution in [2.24, 2.45) is 5.92 Å². The molecule has 2 N–H and O–H groups in total. The van der Waals surface area contributed by atoms with Gasteiger partial charge in [0.2, 0.25) is 6.29 Å². The summed E-state index contributed by atoms with van der Waals surface area (Å²) in [7, 11) is 0. The molecule has 26 heavy (non-hydrogen) atoms. The number of ether oxygens (including phenoxy) is 2. The summed E-state index contributed by atoms with van der Waals surface area (Å²) in [4.78, 5) is 22.2. The lowest BCUT2D eigenvalue weighted by molar-refractivity contribution is -0.142. The molecule has 2 rings (SSSR count). The quantitative estimate of drug-likeness (QED) is 0.622. The van der Waals surface area contributed by atoms with E-state index in [9.17, 15) is 14.7 Å². The van der Waals surface area contributed by atoms with Crippen molar-refractivity contribution < 1.29 is 29.3 Å². The number of benzene rings is 2. The van der Waals surface area contributed by atoms with Gasteiger partial charge in [-0.25, -0.2) is 4.79 Å². The second-order valence-corrected chi connectivity index (χ2v) is 5.83. The van der Waals surface area contributed by atoms with E-state index in [-0.39, 0.29) is 5.56 Å². The maximum absolute atomic E-state index is 11.2. The Kier molecular flexibility index (Phi) is 7.02. The number of carboxylic acid groups (broad SMARTS) is 2. The molecule has 0 fully saturated rings. The first kappa shape index (κ1) is 19.3. The zero-order valence-corrected chi connectivity index (χ0v) is 14.5. The highest BCUT2D eigenvalue weighted by molar-refractivity contribution is 5.87. The fraction of sp³-hybridized carbons (Fsp3) is 0.300. The normalized spacial score (nSPS) is 12.8. The molecule has 138 valence electrons. The van der Waals surface area contributed by atoms with Crippen LogP contribution in [0.3, 0.4) is 0 Å². The highest BCUT2D eigenvalue weighted by atomic mass is 16.7. The topological polar surface area (TPSA) is 93.1 Å².